The number of aromatic nitrogens is 2. The molecule has 0 radical (unpaired) electrons. The number of imide groups is 1. The van der Waals surface area contributed by atoms with Gasteiger partial charge in [-0.25, -0.2) is 13.8 Å². The lowest BCUT2D eigenvalue weighted by Gasteiger charge is -2.40. The molecule has 0 spiro atoms. The zero-order valence-corrected chi connectivity index (χ0v) is 31.5. The van der Waals surface area contributed by atoms with E-state index in [1.165, 1.54) is 22.0 Å². The van der Waals surface area contributed by atoms with Crippen LogP contribution in [0.3, 0.4) is 0 Å². The van der Waals surface area contributed by atoms with Gasteiger partial charge in [0, 0.05) is 61.9 Å². The summed E-state index contributed by atoms with van der Waals surface area (Å²) in [5.74, 6) is -2.70. The molecule has 0 bridgehead atoms. The highest BCUT2D eigenvalue weighted by molar-refractivity contribution is 6.13. The molecule has 3 aromatic rings. The molecule has 12 nitrogen and oxygen atoms in total. The summed E-state index contributed by atoms with van der Waals surface area (Å²) in [5.41, 5.74) is 6.64. The number of nitrogens with one attached hydrogen (secondary N) is 1. The van der Waals surface area contributed by atoms with Gasteiger partial charge in [0.25, 0.3) is 11.8 Å². The molecule has 2 atom stereocenters. The summed E-state index contributed by atoms with van der Waals surface area (Å²) >= 11 is 0. The summed E-state index contributed by atoms with van der Waals surface area (Å²) in [6.45, 7) is 5.36. The van der Waals surface area contributed by atoms with Gasteiger partial charge in [-0.05, 0) is 67.7 Å². The Labute approximate surface area is 319 Å². The van der Waals surface area contributed by atoms with E-state index in [0.29, 0.717) is 44.5 Å². The molecule has 1 aliphatic carbocycles. The van der Waals surface area contributed by atoms with Gasteiger partial charge in [0.1, 0.15) is 29.8 Å². The van der Waals surface area contributed by atoms with Crippen LogP contribution in [0.5, 0.6) is 0 Å². The maximum Gasteiger partial charge on any atom is 0.253 e. The SMILES string of the molecule is CC(C)(C)[C@H](c1nc(-c2cc(F)ccc2F)cn1Cc1ccccc1)N(CC[C@H](N)C(=O)NCCCC(=O)C1CCC(N2C(=O)C=CC2=O)CC1)C(=O)CO. The number of hydrogen-bond acceptors (Lipinski definition) is 8. The maximum absolute atomic E-state index is 15.0. The van der Waals surface area contributed by atoms with Gasteiger partial charge in [-0.2, -0.15) is 0 Å². The standard InChI is InChI=1S/C41H50F2N6O6/c1-41(2,3)38(39-46-33(30-22-28(42)13-16-31(30)43)24-47(39)23-26-8-5-4-6-9-26)48(37(54)25-50)21-19-32(44)40(55)45-20-7-10-34(51)27-11-14-29(15-12-27)49-35(52)17-18-36(49)53/h4-6,8-9,13,16-18,22,24,27,29,32,38,50H,7,10-12,14-15,19-21,23,25,44H2,1-3H3,(H,45,55)/t27?,29?,32-,38-/m0/s1. The zero-order chi connectivity index (χ0) is 39.9. The summed E-state index contributed by atoms with van der Waals surface area (Å²) in [7, 11) is 0. The topological polar surface area (TPSA) is 168 Å². The Morgan fingerprint density at radius 3 is 2.33 bits per heavy atom. The van der Waals surface area contributed by atoms with Crippen LogP contribution in [0.2, 0.25) is 0 Å². The van der Waals surface area contributed by atoms with Crippen molar-refractivity contribution in [1.82, 2.24) is 24.7 Å². The Morgan fingerprint density at radius 2 is 1.69 bits per heavy atom. The maximum atomic E-state index is 15.0. The molecule has 1 fully saturated rings. The quantitative estimate of drug-likeness (QED) is 0.142. The molecule has 1 aromatic heterocycles. The van der Waals surface area contributed by atoms with Crippen LogP contribution in [0.15, 0.2) is 66.9 Å². The third kappa shape index (κ3) is 10.2. The predicted molar refractivity (Wildman–Crippen MR) is 201 cm³/mol. The van der Waals surface area contributed by atoms with Crippen LogP contribution in [0.1, 0.15) is 83.1 Å². The predicted octanol–water partition coefficient (Wildman–Crippen LogP) is 4.45. The number of imidazole rings is 1. The van der Waals surface area contributed by atoms with Gasteiger partial charge in [-0.15, -0.1) is 0 Å². The minimum atomic E-state index is -1.02. The molecule has 2 aromatic carbocycles. The number of halogens is 2. The molecule has 5 rings (SSSR count). The van der Waals surface area contributed by atoms with Crippen LogP contribution in [0, 0.1) is 23.0 Å². The fourth-order valence-corrected chi connectivity index (χ4v) is 7.51. The minimum Gasteiger partial charge on any atom is -0.387 e. The average Bonchev–Trinajstić information content (AvgIpc) is 3.72. The largest absolute Gasteiger partial charge is 0.387 e. The van der Waals surface area contributed by atoms with Crippen molar-refractivity contribution in [2.24, 2.45) is 17.1 Å². The number of amides is 4. The van der Waals surface area contributed by atoms with Crippen molar-refractivity contribution >= 4 is 29.4 Å². The van der Waals surface area contributed by atoms with E-state index in [0.717, 1.165) is 23.8 Å². The van der Waals surface area contributed by atoms with Crippen LogP contribution >= 0.6 is 0 Å². The first kappa shape index (κ1) is 41.1. The number of Topliss-reactive ketones (excluding diaryl/α,β-unsaturated/α-hetero) is 1. The summed E-state index contributed by atoms with van der Waals surface area (Å²) in [4.78, 5) is 70.9. The molecule has 1 aliphatic heterocycles. The first-order valence-corrected chi connectivity index (χ1v) is 18.8. The first-order valence-electron chi connectivity index (χ1n) is 18.8. The smallest absolute Gasteiger partial charge is 0.253 e. The number of hydrogen-bond donors (Lipinski definition) is 3. The Morgan fingerprint density at radius 1 is 1.02 bits per heavy atom. The van der Waals surface area contributed by atoms with Crippen molar-refractivity contribution < 1.29 is 37.9 Å². The molecule has 2 aliphatic rings. The summed E-state index contributed by atoms with van der Waals surface area (Å²) in [6.07, 6.45) is 7.20. The fraction of sp³-hybridized carbons (Fsp3) is 0.463. The molecule has 0 unspecified atom stereocenters. The number of rotatable bonds is 16. The van der Waals surface area contributed by atoms with Crippen LogP contribution in [0.25, 0.3) is 11.3 Å². The number of nitrogens with two attached hydrogens (primary N) is 1. The highest BCUT2D eigenvalue weighted by Crippen LogP contribution is 2.40. The van der Waals surface area contributed by atoms with E-state index >= 15 is 0 Å². The summed E-state index contributed by atoms with van der Waals surface area (Å²) < 4.78 is 31.1. The van der Waals surface area contributed by atoms with E-state index in [9.17, 15) is 37.9 Å². The lowest BCUT2D eigenvalue weighted by molar-refractivity contribution is -0.141. The van der Waals surface area contributed by atoms with Crippen molar-refractivity contribution in [2.75, 3.05) is 19.7 Å². The number of carbonyl (C=O) groups excluding carboxylic acids is 5. The Balaban J connectivity index is 1.22. The van der Waals surface area contributed by atoms with E-state index < -0.39 is 47.6 Å². The molecule has 4 N–H and O–H groups in total. The molecule has 0 saturated heterocycles. The molecule has 1 saturated carbocycles. The highest BCUT2D eigenvalue weighted by Gasteiger charge is 2.39. The lowest BCUT2D eigenvalue weighted by Crippen LogP contribution is -2.48. The second-order valence-corrected chi connectivity index (χ2v) is 15.4. The number of aliphatic hydroxyl groups is 1. The molecule has 4 amide bonds. The van der Waals surface area contributed by atoms with Crippen molar-refractivity contribution in [1.29, 1.82) is 0 Å². The molecular formula is C41H50F2N6O6. The normalized spacial score (nSPS) is 18.3. The second kappa shape index (κ2) is 18.0. The number of ketones is 1. The fourth-order valence-electron chi connectivity index (χ4n) is 7.51. The lowest BCUT2D eigenvalue weighted by atomic mass is 9.82. The number of carbonyl (C=O) groups is 5. The van der Waals surface area contributed by atoms with Gasteiger partial charge in [0.05, 0.1) is 17.8 Å². The summed E-state index contributed by atoms with van der Waals surface area (Å²) in [5, 5.41) is 12.9. The van der Waals surface area contributed by atoms with Crippen molar-refractivity contribution in [3.8, 4) is 11.3 Å². The Kier molecular flexibility index (Phi) is 13.5. The van der Waals surface area contributed by atoms with E-state index in [1.807, 2.05) is 51.1 Å². The first-order chi connectivity index (χ1) is 26.2. The van der Waals surface area contributed by atoms with Gasteiger partial charge in [-0.1, -0.05) is 51.1 Å². The number of aliphatic hydroxyl groups excluding tert-OH is 1. The minimum absolute atomic E-state index is 0.0242. The Bertz CT molecular complexity index is 1880. The van der Waals surface area contributed by atoms with Crippen LogP contribution < -0.4 is 11.1 Å². The molecule has 2 heterocycles. The number of benzene rings is 2. The molecule has 294 valence electrons. The second-order valence-electron chi connectivity index (χ2n) is 15.4. The van der Waals surface area contributed by atoms with E-state index in [1.54, 1.807) is 10.8 Å². The van der Waals surface area contributed by atoms with E-state index in [4.69, 9.17) is 10.7 Å². The van der Waals surface area contributed by atoms with Gasteiger partial charge in [0.15, 0.2) is 0 Å². The molecule has 55 heavy (non-hydrogen) atoms. The monoisotopic (exact) mass is 760 g/mol. The third-order valence-corrected chi connectivity index (χ3v) is 10.3. The van der Waals surface area contributed by atoms with E-state index in [-0.39, 0.29) is 66.7 Å². The van der Waals surface area contributed by atoms with Crippen molar-refractivity contribution in [2.45, 2.75) is 90.4 Å². The van der Waals surface area contributed by atoms with Crippen LogP contribution in [-0.2, 0) is 30.5 Å². The van der Waals surface area contributed by atoms with Crippen molar-refractivity contribution in [3.63, 3.8) is 0 Å². The van der Waals surface area contributed by atoms with Crippen molar-refractivity contribution in [3.05, 3.63) is 89.9 Å². The summed E-state index contributed by atoms with van der Waals surface area (Å²) in [6, 6.07) is 10.6. The van der Waals surface area contributed by atoms with E-state index in [2.05, 4.69) is 5.32 Å². The highest BCUT2D eigenvalue weighted by atomic mass is 19.1. The average molecular weight is 761 g/mol. The Hall–Kier alpha value is -5.08. The zero-order valence-electron chi connectivity index (χ0n) is 31.5. The van der Waals surface area contributed by atoms with Gasteiger partial charge in [0.2, 0.25) is 11.8 Å². The molecule has 14 heteroatoms. The van der Waals surface area contributed by atoms with Gasteiger partial charge in [-0.3, -0.25) is 28.9 Å². The van der Waals surface area contributed by atoms with Gasteiger partial charge >= 0.3 is 0 Å². The molecular weight excluding hydrogens is 710 g/mol. The van der Waals surface area contributed by atoms with Crippen LogP contribution in [-0.4, -0.2) is 85.6 Å². The van der Waals surface area contributed by atoms with Crippen LogP contribution in [0.4, 0.5) is 8.78 Å². The number of nitrogens with zero attached hydrogens (tertiary/aromatic N) is 4. The third-order valence-electron chi connectivity index (χ3n) is 10.3. The van der Waals surface area contributed by atoms with Gasteiger partial charge < -0.3 is 25.6 Å².